The number of benzene rings is 1. The average Bonchev–Trinajstić information content (AvgIpc) is 2.96. The third-order valence-corrected chi connectivity index (χ3v) is 2.93. The molecule has 0 aliphatic heterocycles. The number of pyridine rings is 1. The largest absolute Gasteiger partial charge is 0.492 e. The fourth-order valence-electron chi connectivity index (χ4n) is 1.94. The van der Waals surface area contributed by atoms with Gasteiger partial charge in [0.2, 0.25) is 0 Å². The quantitative estimate of drug-likeness (QED) is 0.744. The molecule has 1 amide bonds. The molecule has 2 aromatic heterocycles. The molecule has 0 unspecified atom stereocenters. The Morgan fingerprint density at radius 3 is 2.86 bits per heavy atom. The van der Waals surface area contributed by atoms with Gasteiger partial charge in [0, 0.05) is 6.20 Å². The standard InChI is InChI=1S/C15H14N4O2/c20-15(17-9-10-21-12-5-2-1-3-6-12)19-11-18-14-13(19)7-4-8-16-14/h1-8,11H,9-10H2,(H,17,20). The lowest BCUT2D eigenvalue weighted by molar-refractivity contribution is 0.238. The topological polar surface area (TPSA) is 69.0 Å². The Morgan fingerprint density at radius 2 is 2.00 bits per heavy atom. The highest BCUT2D eigenvalue weighted by atomic mass is 16.5. The second-order valence-corrected chi connectivity index (χ2v) is 4.35. The summed E-state index contributed by atoms with van der Waals surface area (Å²) in [7, 11) is 0. The molecule has 106 valence electrons. The minimum Gasteiger partial charge on any atom is -0.492 e. The van der Waals surface area contributed by atoms with Crippen LogP contribution in [-0.2, 0) is 0 Å². The van der Waals surface area contributed by atoms with Crippen LogP contribution in [0, 0.1) is 0 Å². The summed E-state index contributed by atoms with van der Waals surface area (Å²) >= 11 is 0. The molecule has 0 spiro atoms. The zero-order valence-electron chi connectivity index (χ0n) is 11.3. The van der Waals surface area contributed by atoms with Gasteiger partial charge in [-0.2, -0.15) is 0 Å². The van der Waals surface area contributed by atoms with Gasteiger partial charge in [-0.1, -0.05) is 18.2 Å². The van der Waals surface area contributed by atoms with E-state index in [0.717, 1.165) is 5.75 Å². The molecule has 0 aliphatic carbocycles. The van der Waals surface area contributed by atoms with Crippen LogP contribution < -0.4 is 10.1 Å². The lowest BCUT2D eigenvalue weighted by Crippen LogP contribution is -2.31. The Balaban J connectivity index is 1.55. The van der Waals surface area contributed by atoms with E-state index in [9.17, 15) is 4.79 Å². The Labute approximate surface area is 121 Å². The van der Waals surface area contributed by atoms with Crippen LogP contribution in [0.5, 0.6) is 5.75 Å². The van der Waals surface area contributed by atoms with Crippen molar-refractivity contribution >= 4 is 17.2 Å². The molecule has 0 saturated carbocycles. The third-order valence-electron chi connectivity index (χ3n) is 2.93. The van der Waals surface area contributed by atoms with E-state index in [1.807, 2.05) is 30.3 Å². The first-order valence-electron chi connectivity index (χ1n) is 6.59. The summed E-state index contributed by atoms with van der Waals surface area (Å²) in [4.78, 5) is 20.2. The van der Waals surface area contributed by atoms with Gasteiger partial charge < -0.3 is 10.1 Å². The van der Waals surface area contributed by atoms with Gasteiger partial charge in [-0.05, 0) is 24.3 Å². The lowest BCUT2D eigenvalue weighted by Gasteiger charge is -2.08. The first kappa shape index (κ1) is 13.1. The van der Waals surface area contributed by atoms with Crippen molar-refractivity contribution in [1.82, 2.24) is 19.9 Å². The molecule has 0 radical (unpaired) electrons. The van der Waals surface area contributed by atoms with Crippen LogP contribution in [-0.4, -0.2) is 33.7 Å². The van der Waals surface area contributed by atoms with Gasteiger partial charge in [0.15, 0.2) is 5.65 Å². The second kappa shape index (κ2) is 6.04. The van der Waals surface area contributed by atoms with Crippen LogP contribution >= 0.6 is 0 Å². The summed E-state index contributed by atoms with van der Waals surface area (Å²) in [6.45, 7) is 0.814. The normalized spacial score (nSPS) is 10.5. The van der Waals surface area contributed by atoms with E-state index in [0.29, 0.717) is 24.3 Å². The summed E-state index contributed by atoms with van der Waals surface area (Å²) in [5, 5.41) is 2.78. The number of fused-ring (bicyclic) bond motifs is 1. The average molecular weight is 282 g/mol. The molecule has 6 heteroatoms. The van der Waals surface area contributed by atoms with Crippen molar-refractivity contribution in [3.63, 3.8) is 0 Å². The SMILES string of the molecule is O=C(NCCOc1ccccc1)n1cnc2ncccc21. The molecular formula is C15H14N4O2. The van der Waals surface area contributed by atoms with E-state index >= 15 is 0 Å². The van der Waals surface area contributed by atoms with E-state index in [4.69, 9.17) is 4.74 Å². The molecule has 0 bridgehead atoms. The predicted octanol–water partition coefficient (Wildman–Crippen LogP) is 2.07. The summed E-state index contributed by atoms with van der Waals surface area (Å²) in [6.07, 6.45) is 3.11. The van der Waals surface area contributed by atoms with Crippen LogP contribution in [0.3, 0.4) is 0 Å². The minimum atomic E-state index is -0.248. The summed E-state index contributed by atoms with van der Waals surface area (Å²) in [6, 6.07) is 12.8. The minimum absolute atomic E-state index is 0.248. The molecule has 1 N–H and O–H groups in total. The van der Waals surface area contributed by atoms with Crippen LogP contribution in [0.2, 0.25) is 0 Å². The molecule has 0 saturated heterocycles. The predicted molar refractivity (Wildman–Crippen MR) is 78.3 cm³/mol. The zero-order chi connectivity index (χ0) is 14.5. The van der Waals surface area contributed by atoms with E-state index in [1.165, 1.54) is 10.9 Å². The fraction of sp³-hybridized carbons (Fsp3) is 0.133. The highest BCUT2D eigenvalue weighted by Crippen LogP contribution is 2.09. The van der Waals surface area contributed by atoms with Gasteiger partial charge in [0.1, 0.15) is 18.7 Å². The number of nitrogens with zero attached hydrogens (tertiary/aromatic N) is 3. The molecule has 0 atom stereocenters. The molecule has 3 rings (SSSR count). The van der Waals surface area contributed by atoms with Crippen LogP contribution in [0.25, 0.3) is 11.2 Å². The first-order valence-corrected chi connectivity index (χ1v) is 6.59. The van der Waals surface area contributed by atoms with Gasteiger partial charge >= 0.3 is 6.03 Å². The molecule has 21 heavy (non-hydrogen) atoms. The number of rotatable bonds is 4. The maximum Gasteiger partial charge on any atom is 0.327 e. The monoisotopic (exact) mass is 282 g/mol. The van der Waals surface area contributed by atoms with E-state index < -0.39 is 0 Å². The number of imidazole rings is 1. The second-order valence-electron chi connectivity index (χ2n) is 4.35. The molecule has 0 aliphatic rings. The number of amides is 1. The van der Waals surface area contributed by atoms with E-state index in [1.54, 1.807) is 18.3 Å². The highest BCUT2D eigenvalue weighted by Gasteiger charge is 2.09. The van der Waals surface area contributed by atoms with Crippen molar-refractivity contribution in [2.24, 2.45) is 0 Å². The smallest absolute Gasteiger partial charge is 0.327 e. The molecule has 1 aromatic carbocycles. The molecular weight excluding hydrogens is 268 g/mol. The van der Waals surface area contributed by atoms with Gasteiger partial charge in [-0.25, -0.2) is 19.3 Å². The van der Waals surface area contributed by atoms with Crippen molar-refractivity contribution < 1.29 is 9.53 Å². The maximum absolute atomic E-state index is 12.1. The Bertz CT molecular complexity index is 740. The van der Waals surface area contributed by atoms with Crippen molar-refractivity contribution in [3.05, 3.63) is 55.0 Å². The van der Waals surface area contributed by atoms with Gasteiger partial charge in [0.25, 0.3) is 0 Å². The van der Waals surface area contributed by atoms with Crippen molar-refractivity contribution in [3.8, 4) is 5.75 Å². The summed E-state index contributed by atoms with van der Waals surface area (Å²) in [5.74, 6) is 0.782. The van der Waals surface area contributed by atoms with Crippen molar-refractivity contribution in [2.75, 3.05) is 13.2 Å². The Hall–Kier alpha value is -2.89. The number of aromatic nitrogens is 3. The van der Waals surface area contributed by atoms with Crippen LogP contribution in [0.15, 0.2) is 55.0 Å². The highest BCUT2D eigenvalue weighted by molar-refractivity contribution is 5.87. The Kier molecular flexibility index (Phi) is 3.77. The number of ether oxygens (including phenoxy) is 1. The third kappa shape index (κ3) is 3.00. The first-order chi connectivity index (χ1) is 10.3. The number of para-hydroxylation sites is 1. The number of nitrogens with one attached hydrogen (secondary N) is 1. The van der Waals surface area contributed by atoms with E-state index in [2.05, 4.69) is 15.3 Å². The number of hydrogen-bond acceptors (Lipinski definition) is 4. The van der Waals surface area contributed by atoms with Crippen LogP contribution in [0.4, 0.5) is 4.79 Å². The lowest BCUT2D eigenvalue weighted by atomic mass is 10.3. The molecule has 3 aromatic rings. The fourth-order valence-corrected chi connectivity index (χ4v) is 1.94. The number of carbonyl (C=O) groups is 1. The number of carbonyl (C=O) groups excluding carboxylic acids is 1. The van der Waals surface area contributed by atoms with Gasteiger partial charge in [-0.3, -0.25) is 0 Å². The molecule has 2 heterocycles. The summed E-state index contributed by atoms with van der Waals surface area (Å²) in [5.41, 5.74) is 1.23. The van der Waals surface area contributed by atoms with Crippen LogP contribution in [0.1, 0.15) is 0 Å². The zero-order valence-corrected chi connectivity index (χ0v) is 11.3. The van der Waals surface area contributed by atoms with E-state index in [-0.39, 0.29) is 6.03 Å². The van der Waals surface area contributed by atoms with Gasteiger partial charge in [-0.15, -0.1) is 0 Å². The summed E-state index contributed by atoms with van der Waals surface area (Å²) < 4.78 is 6.94. The Morgan fingerprint density at radius 1 is 1.14 bits per heavy atom. The molecule has 6 nitrogen and oxygen atoms in total. The van der Waals surface area contributed by atoms with Crippen molar-refractivity contribution in [2.45, 2.75) is 0 Å². The van der Waals surface area contributed by atoms with Gasteiger partial charge in [0.05, 0.1) is 12.1 Å². The molecule has 0 fully saturated rings. The number of hydrogen-bond donors (Lipinski definition) is 1. The maximum atomic E-state index is 12.1. The van der Waals surface area contributed by atoms with Crippen molar-refractivity contribution in [1.29, 1.82) is 0 Å².